The molecule has 0 atom stereocenters. The molecule has 1 aromatic carbocycles. The predicted octanol–water partition coefficient (Wildman–Crippen LogP) is 2.82. The van der Waals surface area contributed by atoms with Crippen LogP contribution in [0.15, 0.2) is 79.5 Å². The molecule has 7 heteroatoms. The molecule has 3 aromatic heterocycles. The van der Waals surface area contributed by atoms with E-state index >= 15 is 0 Å². The van der Waals surface area contributed by atoms with Gasteiger partial charge in [0.15, 0.2) is 5.82 Å². The van der Waals surface area contributed by atoms with Crippen LogP contribution < -0.4 is 5.32 Å². The first kappa shape index (κ1) is 16.7. The Morgan fingerprint density at radius 1 is 0.889 bits per heavy atom. The van der Waals surface area contributed by atoms with Gasteiger partial charge in [0.25, 0.3) is 5.91 Å². The second kappa shape index (κ2) is 7.65. The summed E-state index contributed by atoms with van der Waals surface area (Å²) in [5, 5.41) is 11.4. The molecule has 0 radical (unpaired) electrons. The van der Waals surface area contributed by atoms with Crippen molar-refractivity contribution in [1.29, 1.82) is 0 Å². The lowest BCUT2D eigenvalue weighted by molar-refractivity contribution is 0.102. The van der Waals surface area contributed by atoms with E-state index in [1.54, 1.807) is 41.5 Å². The van der Waals surface area contributed by atoms with E-state index in [1.807, 2.05) is 47.4 Å². The highest BCUT2D eigenvalue weighted by molar-refractivity contribution is 6.03. The fourth-order valence-electron chi connectivity index (χ4n) is 2.73. The van der Waals surface area contributed by atoms with Crippen LogP contribution in [0.1, 0.15) is 21.5 Å². The number of anilines is 1. The van der Waals surface area contributed by atoms with Gasteiger partial charge in [-0.05, 0) is 35.4 Å². The second-order valence-corrected chi connectivity index (χ2v) is 6.11. The molecule has 1 N–H and O–H groups in total. The summed E-state index contributed by atoms with van der Waals surface area (Å²) < 4.78 is 3.60. The zero-order chi connectivity index (χ0) is 18.5. The van der Waals surface area contributed by atoms with E-state index in [4.69, 9.17) is 0 Å². The highest BCUT2D eigenvalue weighted by atomic mass is 16.1. The average molecular weight is 358 g/mol. The quantitative estimate of drug-likeness (QED) is 0.575. The summed E-state index contributed by atoms with van der Waals surface area (Å²) in [6.45, 7) is 1.28. The van der Waals surface area contributed by atoms with Crippen LogP contribution in [-0.4, -0.2) is 30.5 Å². The third-order valence-electron chi connectivity index (χ3n) is 4.07. The van der Waals surface area contributed by atoms with Crippen molar-refractivity contribution in [2.75, 3.05) is 5.32 Å². The topological polar surface area (TPSA) is 77.6 Å². The van der Waals surface area contributed by atoms with Gasteiger partial charge in [-0.1, -0.05) is 18.2 Å². The van der Waals surface area contributed by atoms with E-state index < -0.39 is 0 Å². The number of pyridine rings is 1. The summed E-state index contributed by atoms with van der Waals surface area (Å²) in [4.78, 5) is 16.5. The Balaban J connectivity index is 1.37. The van der Waals surface area contributed by atoms with E-state index in [0.29, 0.717) is 24.5 Å². The maximum atomic E-state index is 12.4. The molecule has 1 amide bonds. The standard InChI is InChI=1S/C20H18N6O/c27-20(18-6-4-16(5-7-18)14-25-11-2-10-22-25)23-19-8-12-26(24-19)15-17-3-1-9-21-13-17/h1-13H,14-15H2,(H,23,24,27). The average Bonchev–Trinajstić information content (AvgIpc) is 3.35. The SMILES string of the molecule is O=C(Nc1ccn(Cc2cccnc2)n1)c1ccc(Cn2cccn2)cc1. The van der Waals surface area contributed by atoms with Gasteiger partial charge in [-0.2, -0.15) is 10.2 Å². The molecule has 0 saturated carbocycles. The molecule has 134 valence electrons. The van der Waals surface area contributed by atoms with Crippen molar-refractivity contribution in [2.24, 2.45) is 0 Å². The molecule has 4 rings (SSSR count). The lowest BCUT2D eigenvalue weighted by Gasteiger charge is -2.05. The third kappa shape index (κ3) is 4.27. The van der Waals surface area contributed by atoms with Crippen molar-refractivity contribution in [1.82, 2.24) is 24.5 Å². The maximum absolute atomic E-state index is 12.4. The van der Waals surface area contributed by atoms with Crippen molar-refractivity contribution in [3.63, 3.8) is 0 Å². The van der Waals surface area contributed by atoms with Crippen LogP contribution in [0, 0.1) is 0 Å². The summed E-state index contributed by atoms with van der Waals surface area (Å²) in [5.74, 6) is 0.330. The fraction of sp³-hybridized carbons (Fsp3) is 0.100. The number of benzene rings is 1. The van der Waals surface area contributed by atoms with E-state index in [-0.39, 0.29) is 5.91 Å². The molecule has 0 fully saturated rings. The number of rotatable bonds is 6. The molecular formula is C20H18N6O. The van der Waals surface area contributed by atoms with Crippen LogP contribution in [0.3, 0.4) is 0 Å². The third-order valence-corrected chi connectivity index (χ3v) is 4.07. The largest absolute Gasteiger partial charge is 0.305 e. The Bertz CT molecular complexity index is 1010. The van der Waals surface area contributed by atoms with Gasteiger partial charge in [-0.3, -0.25) is 19.1 Å². The predicted molar refractivity (Wildman–Crippen MR) is 101 cm³/mol. The van der Waals surface area contributed by atoms with Gasteiger partial charge in [0, 0.05) is 42.6 Å². The van der Waals surface area contributed by atoms with Gasteiger partial charge in [0.05, 0.1) is 13.1 Å². The summed E-state index contributed by atoms with van der Waals surface area (Å²) in [6, 6.07) is 15.0. The minimum absolute atomic E-state index is 0.188. The Labute approximate surface area is 156 Å². The highest BCUT2D eigenvalue weighted by Gasteiger charge is 2.08. The summed E-state index contributed by atoms with van der Waals surface area (Å²) in [7, 11) is 0. The van der Waals surface area contributed by atoms with Crippen molar-refractivity contribution in [2.45, 2.75) is 13.1 Å². The van der Waals surface area contributed by atoms with Crippen LogP contribution in [0.25, 0.3) is 0 Å². The molecule has 3 heterocycles. The number of hydrogen-bond acceptors (Lipinski definition) is 4. The summed E-state index contributed by atoms with van der Waals surface area (Å²) in [5.41, 5.74) is 2.71. The van der Waals surface area contributed by atoms with Crippen molar-refractivity contribution in [3.8, 4) is 0 Å². The molecule has 0 spiro atoms. The Morgan fingerprint density at radius 3 is 2.48 bits per heavy atom. The van der Waals surface area contributed by atoms with Crippen molar-refractivity contribution in [3.05, 3.63) is 96.2 Å². The molecule has 4 aromatic rings. The minimum atomic E-state index is -0.188. The number of carbonyl (C=O) groups excluding carboxylic acids is 1. The molecule has 7 nitrogen and oxygen atoms in total. The number of hydrogen-bond donors (Lipinski definition) is 1. The van der Waals surface area contributed by atoms with E-state index in [2.05, 4.69) is 20.5 Å². The highest BCUT2D eigenvalue weighted by Crippen LogP contribution is 2.10. The zero-order valence-electron chi connectivity index (χ0n) is 14.6. The number of nitrogens with zero attached hydrogens (tertiary/aromatic N) is 5. The van der Waals surface area contributed by atoms with Crippen LogP contribution in [0.5, 0.6) is 0 Å². The number of carbonyl (C=O) groups is 1. The van der Waals surface area contributed by atoms with Crippen LogP contribution in [0.2, 0.25) is 0 Å². The second-order valence-electron chi connectivity index (χ2n) is 6.11. The van der Waals surface area contributed by atoms with E-state index in [9.17, 15) is 4.79 Å². The molecule has 27 heavy (non-hydrogen) atoms. The first-order chi connectivity index (χ1) is 13.3. The minimum Gasteiger partial charge on any atom is -0.305 e. The van der Waals surface area contributed by atoms with Gasteiger partial charge in [-0.15, -0.1) is 0 Å². The van der Waals surface area contributed by atoms with Crippen LogP contribution >= 0.6 is 0 Å². The molecule has 0 aliphatic rings. The van der Waals surface area contributed by atoms with Gasteiger partial charge in [-0.25, -0.2) is 0 Å². The summed E-state index contributed by atoms with van der Waals surface area (Å²) >= 11 is 0. The van der Waals surface area contributed by atoms with Crippen molar-refractivity contribution < 1.29 is 4.79 Å². The molecule has 0 aliphatic carbocycles. The molecule has 0 aliphatic heterocycles. The van der Waals surface area contributed by atoms with Crippen molar-refractivity contribution >= 4 is 11.7 Å². The monoisotopic (exact) mass is 358 g/mol. The maximum Gasteiger partial charge on any atom is 0.256 e. The molecule has 0 saturated heterocycles. The summed E-state index contributed by atoms with van der Waals surface area (Å²) in [6.07, 6.45) is 9.01. The number of aromatic nitrogens is 5. The molecular weight excluding hydrogens is 340 g/mol. The Kier molecular flexibility index (Phi) is 4.74. The van der Waals surface area contributed by atoms with Gasteiger partial charge >= 0.3 is 0 Å². The van der Waals surface area contributed by atoms with Crippen LogP contribution in [-0.2, 0) is 13.1 Å². The van der Waals surface area contributed by atoms with Gasteiger partial charge in [0.2, 0.25) is 0 Å². The normalized spacial score (nSPS) is 10.7. The molecule has 0 unspecified atom stereocenters. The molecule has 0 bridgehead atoms. The lowest BCUT2D eigenvalue weighted by Crippen LogP contribution is -2.13. The van der Waals surface area contributed by atoms with Gasteiger partial charge in [0.1, 0.15) is 0 Å². The zero-order valence-corrected chi connectivity index (χ0v) is 14.6. The Morgan fingerprint density at radius 2 is 1.74 bits per heavy atom. The lowest BCUT2D eigenvalue weighted by atomic mass is 10.1. The first-order valence-corrected chi connectivity index (χ1v) is 8.56. The Hall–Kier alpha value is -3.74. The van der Waals surface area contributed by atoms with E-state index in [0.717, 1.165) is 11.1 Å². The first-order valence-electron chi connectivity index (χ1n) is 8.56. The number of nitrogens with one attached hydrogen (secondary N) is 1. The fourth-order valence-corrected chi connectivity index (χ4v) is 2.73. The van der Waals surface area contributed by atoms with Gasteiger partial charge < -0.3 is 5.32 Å². The number of amides is 1. The smallest absolute Gasteiger partial charge is 0.256 e. The van der Waals surface area contributed by atoms with E-state index in [1.165, 1.54) is 0 Å². The van der Waals surface area contributed by atoms with Crippen LogP contribution in [0.4, 0.5) is 5.82 Å².